The van der Waals surface area contributed by atoms with Crippen molar-refractivity contribution in [2.75, 3.05) is 18.0 Å². The lowest BCUT2D eigenvalue weighted by atomic mass is 10.2. The first kappa shape index (κ1) is 23.0. The van der Waals surface area contributed by atoms with Gasteiger partial charge in [-0.1, -0.05) is 54.1 Å². The molecule has 32 heavy (non-hydrogen) atoms. The minimum atomic E-state index is -4.04. The highest BCUT2D eigenvalue weighted by atomic mass is 32.2. The number of carbonyl (C=O) groups is 1. The van der Waals surface area contributed by atoms with Crippen molar-refractivity contribution < 1.29 is 17.9 Å². The molecule has 3 aromatic rings. The molecule has 0 atom stereocenters. The van der Waals surface area contributed by atoms with E-state index in [0.717, 1.165) is 21.0 Å². The third kappa shape index (κ3) is 5.53. The number of carbonyl (C=O) groups excluding carboxylic acids is 1. The van der Waals surface area contributed by atoms with E-state index >= 15 is 0 Å². The Kier molecular flexibility index (Phi) is 7.27. The van der Waals surface area contributed by atoms with Crippen molar-refractivity contribution in [2.45, 2.75) is 18.7 Å². The summed E-state index contributed by atoms with van der Waals surface area (Å²) in [6.45, 7) is 3.32. The summed E-state index contributed by atoms with van der Waals surface area (Å²) in [5.74, 6) is -0.247. The van der Waals surface area contributed by atoms with Crippen LogP contribution in [0.5, 0.6) is 5.75 Å². The van der Waals surface area contributed by atoms with Crippen LogP contribution in [0.4, 0.5) is 5.69 Å². The fourth-order valence-corrected chi connectivity index (χ4v) is 4.55. The quantitative estimate of drug-likeness (QED) is 0.418. The van der Waals surface area contributed by atoms with Gasteiger partial charge in [0, 0.05) is 0 Å². The number of methoxy groups -OCH3 is 1. The molecule has 0 aliphatic rings. The first-order valence-corrected chi connectivity index (χ1v) is 11.4. The Labute approximate surface area is 188 Å². The maximum atomic E-state index is 13.4. The molecular weight excluding hydrogens is 426 g/mol. The zero-order chi connectivity index (χ0) is 23.1. The van der Waals surface area contributed by atoms with Gasteiger partial charge in [-0.3, -0.25) is 9.10 Å². The molecule has 0 saturated carbocycles. The molecule has 0 aliphatic heterocycles. The molecule has 0 saturated heterocycles. The van der Waals surface area contributed by atoms with Gasteiger partial charge in [0.25, 0.3) is 15.9 Å². The second kappa shape index (κ2) is 10.1. The first-order chi connectivity index (χ1) is 15.3. The summed E-state index contributed by atoms with van der Waals surface area (Å²) in [5.41, 5.74) is 5.39. The molecule has 3 aromatic carbocycles. The van der Waals surface area contributed by atoms with Crippen LogP contribution in [0.15, 0.2) is 82.8 Å². The van der Waals surface area contributed by atoms with Crippen molar-refractivity contribution in [1.29, 1.82) is 0 Å². The lowest BCUT2D eigenvalue weighted by Gasteiger charge is -2.25. The topological polar surface area (TPSA) is 88.1 Å². The van der Waals surface area contributed by atoms with Crippen molar-refractivity contribution in [3.8, 4) is 5.75 Å². The maximum Gasteiger partial charge on any atom is 0.264 e. The van der Waals surface area contributed by atoms with Crippen LogP contribution in [-0.4, -0.2) is 34.2 Å². The van der Waals surface area contributed by atoms with Crippen LogP contribution in [0.2, 0.25) is 0 Å². The van der Waals surface area contributed by atoms with Gasteiger partial charge in [0.05, 0.1) is 23.9 Å². The number of hydrazone groups is 1. The Morgan fingerprint density at radius 3 is 2.41 bits per heavy atom. The zero-order valence-electron chi connectivity index (χ0n) is 18.1. The molecule has 0 aromatic heterocycles. The summed E-state index contributed by atoms with van der Waals surface area (Å²) < 4.78 is 33.3. The van der Waals surface area contributed by atoms with Crippen LogP contribution in [0.25, 0.3) is 0 Å². The predicted octanol–water partition coefficient (Wildman–Crippen LogP) is 3.66. The van der Waals surface area contributed by atoms with Gasteiger partial charge in [-0.05, 0) is 49.2 Å². The van der Waals surface area contributed by atoms with Crippen molar-refractivity contribution in [3.05, 3.63) is 89.5 Å². The number of anilines is 1. The fourth-order valence-electron chi connectivity index (χ4n) is 3.11. The molecule has 1 amide bonds. The van der Waals surface area contributed by atoms with Crippen LogP contribution in [0.1, 0.15) is 16.7 Å². The molecule has 0 radical (unpaired) electrons. The number of hydrogen-bond acceptors (Lipinski definition) is 5. The third-order valence-corrected chi connectivity index (χ3v) is 6.44. The maximum absolute atomic E-state index is 13.4. The number of hydrogen-bond donors (Lipinski definition) is 1. The highest BCUT2D eigenvalue weighted by molar-refractivity contribution is 7.92. The Morgan fingerprint density at radius 2 is 1.72 bits per heavy atom. The molecule has 1 N–H and O–H groups in total. The molecule has 0 heterocycles. The average molecular weight is 452 g/mol. The Hall–Kier alpha value is -3.65. The summed E-state index contributed by atoms with van der Waals surface area (Å²) in [7, 11) is -2.59. The number of nitrogens with one attached hydrogen (secondary N) is 1. The standard InChI is InChI=1S/C24H25N3O4S/c1-18-8-7-9-20(14-18)16-25-26-24(28)17-27(22-15-19(2)12-13-23(22)31-3)32(29,30)21-10-5-4-6-11-21/h4-16H,17H2,1-3H3,(H,26,28)/b25-16-. The highest BCUT2D eigenvalue weighted by Crippen LogP contribution is 2.33. The summed E-state index contributed by atoms with van der Waals surface area (Å²) >= 11 is 0. The second-order valence-corrected chi connectivity index (χ2v) is 9.07. The second-order valence-electron chi connectivity index (χ2n) is 7.21. The molecule has 3 rings (SSSR count). The Morgan fingerprint density at radius 1 is 1.00 bits per heavy atom. The minimum Gasteiger partial charge on any atom is -0.495 e. The number of aryl methyl sites for hydroxylation is 2. The van der Waals surface area contributed by atoms with Crippen LogP contribution in [0.3, 0.4) is 0 Å². The van der Waals surface area contributed by atoms with Gasteiger partial charge in [-0.2, -0.15) is 5.10 Å². The van der Waals surface area contributed by atoms with Gasteiger partial charge in [-0.25, -0.2) is 13.8 Å². The number of amides is 1. The van der Waals surface area contributed by atoms with Gasteiger partial charge in [0.1, 0.15) is 12.3 Å². The van der Waals surface area contributed by atoms with E-state index in [4.69, 9.17) is 4.74 Å². The van der Waals surface area contributed by atoms with E-state index in [1.54, 1.807) is 30.3 Å². The van der Waals surface area contributed by atoms with Gasteiger partial charge in [-0.15, -0.1) is 0 Å². The Balaban J connectivity index is 1.91. The normalized spacial score (nSPS) is 11.3. The van der Waals surface area contributed by atoms with Crippen molar-refractivity contribution in [3.63, 3.8) is 0 Å². The molecule has 8 heteroatoms. The predicted molar refractivity (Wildman–Crippen MR) is 126 cm³/mol. The molecule has 0 spiro atoms. The fraction of sp³-hybridized carbons (Fsp3) is 0.167. The number of rotatable bonds is 8. The van der Waals surface area contributed by atoms with E-state index in [0.29, 0.717) is 5.75 Å². The molecular formula is C24H25N3O4S. The van der Waals surface area contributed by atoms with Crippen LogP contribution in [-0.2, 0) is 14.8 Å². The zero-order valence-corrected chi connectivity index (χ0v) is 19.0. The highest BCUT2D eigenvalue weighted by Gasteiger charge is 2.29. The summed E-state index contributed by atoms with van der Waals surface area (Å²) in [6.07, 6.45) is 1.51. The molecule has 7 nitrogen and oxygen atoms in total. The summed E-state index contributed by atoms with van der Waals surface area (Å²) in [4.78, 5) is 12.7. The van der Waals surface area contributed by atoms with E-state index in [2.05, 4.69) is 10.5 Å². The van der Waals surface area contributed by atoms with E-state index in [9.17, 15) is 13.2 Å². The number of benzene rings is 3. The van der Waals surface area contributed by atoms with Crippen LogP contribution >= 0.6 is 0 Å². The van der Waals surface area contributed by atoms with Crippen LogP contribution in [0, 0.1) is 13.8 Å². The molecule has 0 aliphatic carbocycles. The SMILES string of the molecule is COc1ccc(C)cc1N(CC(=O)N/N=C\c1cccc(C)c1)S(=O)(=O)c1ccccc1. The summed E-state index contributed by atoms with van der Waals surface area (Å²) in [6, 6.07) is 20.7. The average Bonchev–Trinajstić information content (AvgIpc) is 2.78. The van der Waals surface area contributed by atoms with Gasteiger partial charge in [0.15, 0.2) is 0 Å². The first-order valence-electron chi connectivity index (χ1n) is 9.92. The molecule has 0 unspecified atom stereocenters. The van der Waals surface area contributed by atoms with Crippen molar-refractivity contribution in [2.24, 2.45) is 5.10 Å². The lowest BCUT2D eigenvalue weighted by molar-refractivity contribution is -0.119. The van der Waals surface area contributed by atoms with E-state index in [-0.39, 0.29) is 10.6 Å². The lowest BCUT2D eigenvalue weighted by Crippen LogP contribution is -2.39. The van der Waals surface area contributed by atoms with E-state index < -0.39 is 22.5 Å². The third-order valence-electron chi connectivity index (χ3n) is 4.67. The van der Waals surface area contributed by atoms with Crippen molar-refractivity contribution in [1.82, 2.24) is 5.43 Å². The Bertz CT molecular complexity index is 1230. The number of sulfonamides is 1. The molecule has 0 fully saturated rings. The van der Waals surface area contributed by atoms with Crippen molar-refractivity contribution >= 4 is 27.8 Å². The smallest absolute Gasteiger partial charge is 0.264 e. The molecule has 0 bridgehead atoms. The van der Waals surface area contributed by atoms with Gasteiger partial charge in [0.2, 0.25) is 0 Å². The monoisotopic (exact) mass is 451 g/mol. The van der Waals surface area contributed by atoms with E-state index in [1.807, 2.05) is 44.2 Å². The van der Waals surface area contributed by atoms with E-state index in [1.165, 1.54) is 25.5 Å². The minimum absolute atomic E-state index is 0.0691. The molecule has 166 valence electrons. The van der Waals surface area contributed by atoms with Gasteiger partial charge < -0.3 is 4.74 Å². The summed E-state index contributed by atoms with van der Waals surface area (Å²) in [5, 5.41) is 3.97. The van der Waals surface area contributed by atoms with Gasteiger partial charge >= 0.3 is 0 Å². The van der Waals surface area contributed by atoms with Crippen LogP contribution < -0.4 is 14.5 Å². The number of nitrogens with zero attached hydrogens (tertiary/aromatic N) is 2. The number of ether oxygens (including phenoxy) is 1. The largest absolute Gasteiger partial charge is 0.495 e.